The Morgan fingerprint density at radius 3 is 2.39 bits per heavy atom. The second kappa shape index (κ2) is 6.99. The molecule has 100 valence electrons. The summed E-state index contributed by atoms with van der Waals surface area (Å²) in [7, 11) is 2.01. The lowest BCUT2D eigenvalue weighted by Crippen LogP contribution is -2.50. The average molecular weight is 253 g/mol. The SMILES string of the molecule is C#CCN(CC(=O)O)CC(=O)N1CCN(C)CC1. The summed E-state index contributed by atoms with van der Waals surface area (Å²) in [6.45, 7) is 3.11. The number of rotatable bonds is 5. The Kier molecular flexibility index (Phi) is 5.62. The van der Waals surface area contributed by atoms with Crippen molar-refractivity contribution >= 4 is 11.9 Å². The summed E-state index contributed by atoms with van der Waals surface area (Å²) >= 11 is 0. The zero-order valence-electron chi connectivity index (χ0n) is 10.6. The van der Waals surface area contributed by atoms with Crippen LogP contribution in [0.5, 0.6) is 0 Å². The highest BCUT2D eigenvalue weighted by Gasteiger charge is 2.21. The largest absolute Gasteiger partial charge is 0.480 e. The molecule has 0 radical (unpaired) electrons. The zero-order valence-corrected chi connectivity index (χ0v) is 10.6. The van der Waals surface area contributed by atoms with Gasteiger partial charge in [0.25, 0.3) is 0 Å². The highest BCUT2D eigenvalue weighted by Crippen LogP contribution is 2.01. The minimum Gasteiger partial charge on any atom is -0.480 e. The molecule has 1 N–H and O–H groups in total. The van der Waals surface area contributed by atoms with Gasteiger partial charge in [0.15, 0.2) is 0 Å². The highest BCUT2D eigenvalue weighted by atomic mass is 16.4. The molecule has 1 heterocycles. The number of aliphatic carboxylic acids is 1. The summed E-state index contributed by atoms with van der Waals surface area (Å²) in [5.74, 6) is 1.34. The number of hydrogen-bond acceptors (Lipinski definition) is 4. The lowest BCUT2D eigenvalue weighted by molar-refractivity contribution is -0.139. The van der Waals surface area contributed by atoms with E-state index in [1.165, 1.54) is 4.90 Å². The minimum atomic E-state index is -0.976. The monoisotopic (exact) mass is 253 g/mol. The van der Waals surface area contributed by atoms with Gasteiger partial charge in [-0.3, -0.25) is 14.5 Å². The molecule has 0 aromatic rings. The predicted molar refractivity (Wildman–Crippen MR) is 67.0 cm³/mol. The fourth-order valence-corrected chi connectivity index (χ4v) is 1.84. The molecule has 0 aromatic carbocycles. The van der Waals surface area contributed by atoms with Crippen LogP contribution in [-0.4, -0.2) is 84.5 Å². The van der Waals surface area contributed by atoms with E-state index in [0.29, 0.717) is 13.1 Å². The summed E-state index contributed by atoms with van der Waals surface area (Å²) in [6, 6.07) is 0. The number of carbonyl (C=O) groups is 2. The van der Waals surface area contributed by atoms with Crippen molar-refractivity contribution < 1.29 is 14.7 Å². The van der Waals surface area contributed by atoms with Gasteiger partial charge in [-0.05, 0) is 7.05 Å². The summed E-state index contributed by atoms with van der Waals surface area (Å²) in [4.78, 5) is 28.0. The second-order valence-electron chi connectivity index (χ2n) is 4.43. The normalized spacial score (nSPS) is 16.6. The maximum absolute atomic E-state index is 12.0. The second-order valence-corrected chi connectivity index (χ2v) is 4.43. The number of likely N-dealkylation sites (N-methyl/N-ethyl adjacent to an activating group) is 1. The van der Waals surface area contributed by atoms with E-state index >= 15 is 0 Å². The smallest absolute Gasteiger partial charge is 0.317 e. The molecule has 1 amide bonds. The molecule has 0 unspecified atom stereocenters. The van der Waals surface area contributed by atoms with Crippen LogP contribution < -0.4 is 0 Å². The van der Waals surface area contributed by atoms with Crippen LogP contribution in [0.3, 0.4) is 0 Å². The first-order valence-corrected chi connectivity index (χ1v) is 5.87. The minimum absolute atomic E-state index is 0.0559. The van der Waals surface area contributed by atoms with Crippen LogP contribution >= 0.6 is 0 Å². The first-order chi connectivity index (χ1) is 8.52. The Morgan fingerprint density at radius 1 is 1.28 bits per heavy atom. The van der Waals surface area contributed by atoms with E-state index in [2.05, 4.69) is 10.8 Å². The molecule has 0 saturated carbocycles. The summed E-state index contributed by atoms with van der Waals surface area (Å²) in [5, 5.41) is 8.73. The molecule has 1 saturated heterocycles. The van der Waals surface area contributed by atoms with Crippen LogP contribution in [0.25, 0.3) is 0 Å². The van der Waals surface area contributed by atoms with Crippen molar-refractivity contribution in [1.29, 1.82) is 0 Å². The third-order valence-corrected chi connectivity index (χ3v) is 2.89. The molecule has 6 nitrogen and oxygen atoms in total. The Hall–Kier alpha value is -1.58. The van der Waals surface area contributed by atoms with Crippen LogP contribution in [0.15, 0.2) is 0 Å². The van der Waals surface area contributed by atoms with Gasteiger partial charge in [-0.15, -0.1) is 6.42 Å². The van der Waals surface area contributed by atoms with Gasteiger partial charge in [0.05, 0.1) is 19.6 Å². The molecule has 0 atom stereocenters. The van der Waals surface area contributed by atoms with Crippen LogP contribution in [0.4, 0.5) is 0 Å². The van der Waals surface area contributed by atoms with E-state index in [-0.39, 0.29) is 25.5 Å². The molecule has 1 aliphatic heterocycles. The van der Waals surface area contributed by atoms with Gasteiger partial charge in [-0.1, -0.05) is 5.92 Å². The number of carbonyl (C=O) groups excluding carboxylic acids is 1. The van der Waals surface area contributed by atoms with Crippen LogP contribution in [-0.2, 0) is 9.59 Å². The first kappa shape index (κ1) is 14.5. The zero-order chi connectivity index (χ0) is 13.5. The molecule has 1 aliphatic rings. The van der Waals surface area contributed by atoms with Gasteiger partial charge in [0.1, 0.15) is 0 Å². The maximum atomic E-state index is 12.0. The lowest BCUT2D eigenvalue weighted by Gasteiger charge is -2.33. The molecule has 1 rings (SSSR count). The van der Waals surface area contributed by atoms with E-state index in [0.717, 1.165) is 13.1 Å². The topological polar surface area (TPSA) is 64.1 Å². The van der Waals surface area contributed by atoms with Crippen molar-refractivity contribution in [2.75, 3.05) is 52.9 Å². The Labute approximate surface area is 107 Å². The quantitative estimate of drug-likeness (QED) is 0.622. The van der Waals surface area contributed by atoms with E-state index in [1.54, 1.807) is 4.90 Å². The molecule has 0 aliphatic carbocycles. The lowest BCUT2D eigenvalue weighted by atomic mass is 10.3. The molecular weight excluding hydrogens is 234 g/mol. The van der Waals surface area contributed by atoms with Gasteiger partial charge in [0, 0.05) is 26.2 Å². The van der Waals surface area contributed by atoms with Crippen molar-refractivity contribution in [2.45, 2.75) is 0 Å². The van der Waals surface area contributed by atoms with E-state index in [9.17, 15) is 9.59 Å². The third-order valence-electron chi connectivity index (χ3n) is 2.89. The maximum Gasteiger partial charge on any atom is 0.317 e. The van der Waals surface area contributed by atoms with Crippen molar-refractivity contribution in [3.8, 4) is 12.3 Å². The van der Waals surface area contributed by atoms with Gasteiger partial charge in [-0.2, -0.15) is 0 Å². The number of hydrogen-bond donors (Lipinski definition) is 1. The summed E-state index contributed by atoms with van der Waals surface area (Å²) in [5.41, 5.74) is 0. The van der Waals surface area contributed by atoms with Crippen molar-refractivity contribution in [1.82, 2.24) is 14.7 Å². The van der Waals surface area contributed by atoms with Crippen molar-refractivity contribution in [3.63, 3.8) is 0 Å². The first-order valence-electron chi connectivity index (χ1n) is 5.87. The fraction of sp³-hybridized carbons (Fsp3) is 0.667. The number of carboxylic acid groups (broad SMARTS) is 1. The molecule has 0 aromatic heterocycles. The highest BCUT2D eigenvalue weighted by molar-refractivity contribution is 5.79. The standard InChI is InChI=1S/C12H19N3O3/c1-3-4-14(10-12(17)18)9-11(16)15-7-5-13(2)6-8-15/h1H,4-10H2,2H3,(H,17,18). The fourth-order valence-electron chi connectivity index (χ4n) is 1.84. The number of piperazine rings is 1. The average Bonchev–Trinajstić information content (AvgIpc) is 2.29. The van der Waals surface area contributed by atoms with E-state index < -0.39 is 5.97 Å². The van der Waals surface area contributed by atoms with Crippen molar-refractivity contribution in [2.24, 2.45) is 0 Å². The summed E-state index contributed by atoms with van der Waals surface area (Å²) < 4.78 is 0. The Bertz CT molecular complexity index is 343. The number of terminal acetylenes is 1. The molecule has 6 heteroatoms. The number of carboxylic acids is 1. The number of nitrogens with zero attached hydrogens (tertiary/aromatic N) is 3. The van der Waals surface area contributed by atoms with Gasteiger partial charge >= 0.3 is 5.97 Å². The molecule has 0 bridgehead atoms. The molecular formula is C12H19N3O3. The van der Waals surface area contributed by atoms with E-state index in [4.69, 9.17) is 11.5 Å². The molecule has 1 fully saturated rings. The Morgan fingerprint density at radius 2 is 1.89 bits per heavy atom. The van der Waals surface area contributed by atoms with Crippen molar-refractivity contribution in [3.05, 3.63) is 0 Å². The van der Waals surface area contributed by atoms with Crippen LogP contribution in [0, 0.1) is 12.3 Å². The summed E-state index contributed by atoms with van der Waals surface area (Å²) in [6.07, 6.45) is 5.16. The Balaban J connectivity index is 2.45. The van der Waals surface area contributed by atoms with Gasteiger partial charge in [0.2, 0.25) is 5.91 Å². The predicted octanol–water partition coefficient (Wildman–Crippen LogP) is -1.22. The number of amides is 1. The van der Waals surface area contributed by atoms with Crippen LogP contribution in [0.2, 0.25) is 0 Å². The van der Waals surface area contributed by atoms with E-state index in [1.807, 2.05) is 7.05 Å². The van der Waals surface area contributed by atoms with Gasteiger partial charge < -0.3 is 14.9 Å². The molecule has 0 spiro atoms. The van der Waals surface area contributed by atoms with Crippen LogP contribution in [0.1, 0.15) is 0 Å². The third kappa shape index (κ3) is 4.73. The molecule has 18 heavy (non-hydrogen) atoms. The van der Waals surface area contributed by atoms with Gasteiger partial charge in [-0.25, -0.2) is 0 Å².